The number of ether oxygens (including phenoxy) is 2. The maximum absolute atomic E-state index is 12.8. The van der Waals surface area contributed by atoms with E-state index in [0.717, 1.165) is 10.5 Å². The molecule has 0 aliphatic carbocycles. The number of carbonyl (C=O) groups excluding carboxylic acids is 2. The van der Waals surface area contributed by atoms with E-state index in [9.17, 15) is 18.0 Å². The van der Waals surface area contributed by atoms with Gasteiger partial charge in [-0.05, 0) is 42.8 Å². The number of imide groups is 1. The largest absolute Gasteiger partial charge is 0.495 e. The predicted octanol–water partition coefficient (Wildman–Crippen LogP) is 2.23. The third kappa shape index (κ3) is 4.57. The van der Waals surface area contributed by atoms with E-state index in [1.807, 2.05) is 6.92 Å². The molecule has 0 atom stereocenters. The lowest BCUT2D eigenvalue weighted by molar-refractivity contribution is -0.121. The number of carbonyl (C=O) groups is 2. The van der Waals surface area contributed by atoms with Gasteiger partial charge >= 0.3 is 0 Å². The fourth-order valence-corrected chi connectivity index (χ4v) is 4.07. The Morgan fingerprint density at radius 2 is 1.79 bits per heavy atom. The van der Waals surface area contributed by atoms with Crippen LogP contribution < -0.4 is 19.1 Å². The molecule has 1 heterocycles. The molecule has 2 aromatic carbocycles. The summed E-state index contributed by atoms with van der Waals surface area (Å²) >= 11 is 0. The minimum atomic E-state index is -3.89. The first-order valence-electron chi connectivity index (χ1n) is 9.11. The SMILES string of the molecule is CCOc1cccc(CNS(=O)(=O)c2ccc(OC)c(N3C(=O)CCC3=O)c2)c1. The Morgan fingerprint density at radius 3 is 2.45 bits per heavy atom. The van der Waals surface area contributed by atoms with Crippen LogP contribution in [0, 0.1) is 0 Å². The Labute approximate surface area is 169 Å². The number of hydrogen-bond donors (Lipinski definition) is 1. The third-order valence-corrected chi connectivity index (χ3v) is 5.83. The fraction of sp³-hybridized carbons (Fsp3) is 0.300. The van der Waals surface area contributed by atoms with E-state index >= 15 is 0 Å². The topological polar surface area (TPSA) is 102 Å². The Bertz CT molecular complexity index is 1020. The second-order valence-corrected chi connectivity index (χ2v) is 8.13. The molecule has 3 rings (SSSR count). The summed E-state index contributed by atoms with van der Waals surface area (Å²) in [5.41, 5.74) is 0.861. The number of anilines is 1. The Kier molecular flexibility index (Phi) is 6.19. The second-order valence-electron chi connectivity index (χ2n) is 6.36. The summed E-state index contributed by atoms with van der Waals surface area (Å²) < 4.78 is 38.7. The summed E-state index contributed by atoms with van der Waals surface area (Å²) in [7, 11) is -2.50. The van der Waals surface area contributed by atoms with Crippen molar-refractivity contribution in [3.05, 3.63) is 48.0 Å². The molecule has 1 aliphatic heterocycles. The molecular weight excluding hydrogens is 396 g/mol. The van der Waals surface area contributed by atoms with Crippen molar-refractivity contribution in [1.82, 2.24) is 4.72 Å². The Morgan fingerprint density at radius 1 is 1.07 bits per heavy atom. The molecule has 0 aromatic heterocycles. The smallest absolute Gasteiger partial charge is 0.240 e. The van der Waals surface area contributed by atoms with Crippen molar-refractivity contribution in [3.63, 3.8) is 0 Å². The summed E-state index contributed by atoms with van der Waals surface area (Å²) in [4.78, 5) is 25.1. The van der Waals surface area contributed by atoms with Crippen LogP contribution in [0.15, 0.2) is 47.4 Å². The maximum Gasteiger partial charge on any atom is 0.240 e. The first kappa shape index (κ1) is 20.8. The van der Waals surface area contributed by atoms with Crippen molar-refractivity contribution in [2.75, 3.05) is 18.6 Å². The molecule has 1 N–H and O–H groups in total. The van der Waals surface area contributed by atoms with E-state index in [4.69, 9.17) is 9.47 Å². The van der Waals surface area contributed by atoms with Crippen LogP contribution in [0.3, 0.4) is 0 Å². The number of rotatable bonds is 8. The van der Waals surface area contributed by atoms with Gasteiger partial charge in [-0.2, -0.15) is 0 Å². The average Bonchev–Trinajstić information content (AvgIpc) is 3.04. The van der Waals surface area contributed by atoms with Gasteiger partial charge in [0.15, 0.2) is 0 Å². The van der Waals surface area contributed by atoms with Gasteiger partial charge in [0.2, 0.25) is 21.8 Å². The molecule has 0 saturated carbocycles. The molecule has 29 heavy (non-hydrogen) atoms. The summed E-state index contributed by atoms with van der Waals surface area (Å²) in [6.45, 7) is 2.44. The molecule has 0 radical (unpaired) electrons. The molecule has 1 fully saturated rings. The molecule has 2 amide bonds. The highest BCUT2D eigenvalue weighted by molar-refractivity contribution is 7.89. The molecule has 0 bridgehead atoms. The van der Waals surface area contributed by atoms with Gasteiger partial charge in [-0.3, -0.25) is 9.59 Å². The molecule has 9 heteroatoms. The van der Waals surface area contributed by atoms with Crippen LogP contribution in [0.4, 0.5) is 5.69 Å². The van der Waals surface area contributed by atoms with Gasteiger partial charge in [-0.25, -0.2) is 18.0 Å². The van der Waals surface area contributed by atoms with E-state index in [1.54, 1.807) is 24.3 Å². The molecule has 8 nitrogen and oxygen atoms in total. The van der Waals surface area contributed by atoms with Gasteiger partial charge in [0, 0.05) is 19.4 Å². The maximum atomic E-state index is 12.8. The number of hydrogen-bond acceptors (Lipinski definition) is 6. The minimum Gasteiger partial charge on any atom is -0.495 e. The van der Waals surface area contributed by atoms with Crippen molar-refractivity contribution in [2.45, 2.75) is 31.2 Å². The first-order valence-corrected chi connectivity index (χ1v) is 10.6. The second kappa shape index (κ2) is 8.62. The fourth-order valence-electron chi connectivity index (χ4n) is 3.03. The Balaban J connectivity index is 1.85. The number of sulfonamides is 1. The number of amides is 2. The van der Waals surface area contributed by atoms with Gasteiger partial charge < -0.3 is 9.47 Å². The van der Waals surface area contributed by atoms with Crippen LogP contribution in [0.2, 0.25) is 0 Å². The van der Waals surface area contributed by atoms with Crippen LogP contribution in [-0.4, -0.2) is 33.9 Å². The number of methoxy groups -OCH3 is 1. The Hall–Kier alpha value is -2.91. The van der Waals surface area contributed by atoms with E-state index < -0.39 is 10.0 Å². The molecule has 0 spiro atoms. The molecule has 1 aliphatic rings. The molecule has 154 valence electrons. The van der Waals surface area contributed by atoms with E-state index in [0.29, 0.717) is 12.4 Å². The van der Waals surface area contributed by atoms with E-state index in [2.05, 4.69) is 4.72 Å². The lowest BCUT2D eigenvalue weighted by Crippen LogP contribution is -2.29. The summed E-state index contributed by atoms with van der Waals surface area (Å²) in [6.07, 6.45) is 0.181. The van der Waals surface area contributed by atoms with Gasteiger partial charge in [0.05, 0.1) is 24.3 Å². The highest BCUT2D eigenvalue weighted by Crippen LogP contribution is 2.34. The number of nitrogens with one attached hydrogen (secondary N) is 1. The van der Waals surface area contributed by atoms with Crippen molar-refractivity contribution < 1.29 is 27.5 Å². The van der Waals surface area contributed by atoms with Crippen molar-refractivity contribution in [2.24, 2.45) is 0 Å². The highest BCUT2D eigenvalue weighted by atomic mass is 32.2. The molecule has 2 aromatic rings. The van der Waals surface area contributed by atoms with Crippen LogP contribution in [0.1, 0.15) is 25.3 Å². The predicted molar refractivity (Wildman–Crippen MR) is 106 cm³/mol. The van der Waals surface area contributed by atoms with Crippen LogP contribution in [-0.2, 0) is 26.2 Å². The van der Waals surface area contributed by atoms with E-state index in [1.165, 1.54) is 25.3 Å². The molecular formula is C20H22N2O6S. The molecule has 0 unspecified atom stereocenters. The minimum absolute atomic E-state index is 0.0617. The average molecular weight is 418 g/mol. The number of benzene rings is 2. The van der Waals surface area contributed by atoms with Crippen LogP contribution in [0.5, 0.6) is 11.5 Å². The van der Waals surface area contributed by atoms with Crippen LogP contribution in [0.25, 0.3) is 0 Å². The summed E-state index contributed by atoms with van der Waals surface area (Å²) in [5, 5.41) is 0. The summed E-state index contributed by atoms with van der Waals surface area (Å²) in [5.74, 6) is 0.131. The normalized spacial score (nSPS) is 14.3. The van der Waals surface area contributed by atoms with Crippen molar-refractivity contribution in [1.29, 1.82) is 0 Å². The lowest BCUT2D eigenvalue weighted by Gasteiger charge is -2.18. The monoisotopic (exact) mass is 418 g/mol. The zero-order chi connectivity index (χ0) is 21.0. The van der Waals surface area contributed by atoms with Gasteiger partial charge in [-0.15, -0.1) is 0 Å². The van der Waals surface area contributed by atoms with Crippen LogP contribution >= 0.6 is 0 Å². The quantitative estimate of drug-likeness (QED) is 0.660. The van der Waals surface area contributed by atoms with E-state index in [-0.39, 0.29) is 47.5 Å². The zero-order valence-corrected chi connectivity index (χ0v) is 17.0. The molecule has 1 saturated heterocycles. The van der Waals surface area contributed by atoms with Crippen molar-refractivity contribution in [3.8, 4) is 11.5 Å². The van der Waals surface area contributed by atoms with Gasteiger partial charge in [0.1, 0.15) is 11.5 Å². The third-order valence-electron chi connectivity index (χ3n) is 4.43. The van der Waals surface area contributed by atoms with Crippen molar-refractivity contribution >= 4 is 27.5 Å². The summed E-state index contributed by atoms with van der Waals surface area (Å²) in [6, 6.07) is 11.2. The van der Waals surface area contributed by atoms with Gasteiger partial charge in [-0.1, -0.05) is 12.1 Å². The number of nitrogens with zero attached hydrogens (tertiary/aromatic N) is 1. The van der Waals surface area contributed by atoms with Gasteiger partial charge in [0.25, 0.3) is 0 Å². The lowest BCUT2D eigenvalue weighted by atomic mass is 10.2. The standard InChI is InChI=1S/C20H22N2O6S/c1-3-28-15-6-4-5-14(11-15)13-21-29(25,26)16-7-8-18(27-2)17(12-16)22-19(23)9-10-20(22)24/h4-8,11-12,21H,3,9-10,13H2,1-2H3. The highest BCUT2D eigenvalue weighted by Gasteiger charge is 2.33. The zero-order valence-electron chi connectivity index (χ0n) is 16.2. The first-order chi connectivity index (χ1) is 13.9.